The van der Waals surface area contributed by atoms with Gasteiger partial charge in [-0.2, -0.15) is 0 Å². The summed E-state index contributed by atoms with van der Waals surface area (Å²) in [6, 6.07) is 7.45. The van der Waals surface area contributed by atoms with Crippen molar-refractivity contribution in [1.82, 2.24) is 4.90 Å². The van der Waals surface area contributed by atoms with Crippen molar-refractivity contribution in [3.05, 3.63) is 35.4 Å². The maximum Gasteiger partial charge on any atom is 0.335 e. The van der Waals surface area contributed by atoms with Crippen LogP contribution in [0, 0.1) is 5.92 Å². The number of benzene rings is 1. The minimum absolute atomic E-state index is 0.182. The maximum absolute atomic E-state index is 11.6. The van der Waals surface area contributed by atoms with Crippen LogP contribution in [-0.4, -0.2) is 41.6 Å². The molecule has 2 rings (SSSR count). The molecule has 114 valence electrons. The van der Waals surface area contributed by atoms with Crippen molar-refractivity contribution in [3.8, 4) is 0 Å². The Morgan fingerprint density at radius 3 is 2.71 bits per heavy atom. The lowest BCUT2D eigenvalue weighted by molar-refractivity contribution is -0.145. The van der Waals surface area contributed by atoms with Crippen LogP contribution < -0.4 is 0 Å². The zero-order chi connectivity index (χ0) is 15.4. The van der Waals surface area contributed by atoms with E-state index in [1.807, 2.05) is 13.0 Å². The van der Waals surface area contributed by atoms with Crippen LogP contribution in [0.25, 0.3) is 0 Å². The lowest BCUT2D eigenvalue weighted by Gasteiger charge is -2.24. The molecule has 1 aliphatic rings. The number of carboxylic acid groups (broad SMARTS) is 1. The van der Waals surface area contributed by atoms with E-state index < -0.39 is 5.97 Å². The summed E-state index contributed by atoms with van der Waals surface area (Å²) in [6.07, 6.45) is 2.26. The molecule has 1 fully saturated rings. The van der Waals surface area contributed by atoms with Gasteiger partial charge >= 0.3 is 11.9 Å². The van der Waals surface area contributed by atoms with Crippen molar-refractivity contribution in [2.24, 2.45) is 5.92 Å². The molecule has 1 aliphatic carbocycles. The highest BCUT2D eigenvalue weighted by Crippen LogP contribution is 2.29. The lowest BCUT2D eigenvalue weighted by Crippen LogP contribution is -2.33. The minimum Gasteiger partial charge on any atom is -0.478 e. The summed E-state index contributed by atoms with van der Waals surface area (Å²) in [5.41, 5.74) is 1.25. The number of carbonyl (C=O) groups is 2. The van der Waals surface area contributed by atoms with E-state index >= 15 is 0 Å². The number of carbonyl (C=O) groups excluding carboxylic acids is 1. The highest BCUT2D eigenvalue weighted by Gasteiger charge is 2.31. The van der Waals surface area contributed by atoms with Crippen molar-refractivity contribution in [2.75, 3.05) is 13.7 Å². The van der Waals surface area contributed by atoms with Crippen molar-refractivity contribution >= 4 is 11.9 Å². The van der Waals surface area contributed by atoms with Crippen LogP contribution in [0.5, 0.6) is 0 Å². The Balaban J connectivity index is 2.04. The molecule has 0 bridgehead atoms. The summed E-state index contributed by atoms with van der Waals surface area (Å²) >= 11 is 0. The summed E-state index contributed by atoms with van der Waals surface area (Å²) in [4.78, 5) is 24.8. The average Bonchev–Trinajstić information content (AvgIpc) is 3.30. The van der Waals surface area contributed by atoms with Crippen LogP contribution in [0.1, 0.15) is 35.7 Å². The molecule has 0 aliphatic heterocycles. The Morgan fingerprint density at radius 1 is 1.43 bits per heavy atom. The van der Waals surface area contributed by atoms with Crippen molar-refractivity contribution in [2.45, 2.75) is 32.4 Å². The van der Waals surface area contributed by atoms with Crippen LogP contribution in [0.3, 0.4) is 0 Å². The van der Waals surface area contributed by atoms with Gasteiger partial charge in [-0.15, -0.1) is 0 Å². The number of methoxy groups -OCH3 is 1. The fraction of sp³-hybridized carbons (Fsp3) is 0.500. The van der Waals surface area contributed by atoms with Gasteiger partial charge in [0.05, 0.1) is 18.6 Å². The van der Waals surface area contributed by atoms with Gasteiger partial charge in [0, 0.05) is 19.1 Å². The number of aromatic carboxylic acids is 1. The number of ether oxygens (including phenoxy) is 1. The number of hydrogen-bond acceptors (Lipinski definition) is 4. The van der Waals surface area contributed by atoms with Gasteiger partial charge in [0.15, 0.2) is 0 Å². The van der Waals surface area contributed by atoms with Crippen molar-refractivity contribution in [1.29, 1.82) is 0 Å². The minimum atomic E-state index is -0.919. The highest BCUT2D eigenvalue weighted by molar-refractivity contribution is 5.87. The first-order valence-electron chi connectivity index (χ1n) is 7.15. The molecule has 5 nitrogen and oxygen atoms in total. The van der Waals surface area contributed by atoms with E-state index in [0.717, 1.165) is 18.4 Å². The van der Waals surface area contributed by atoms with Crippen LogP contribution in [0.4, 0.5) is 0 Å². The van der Waals surface area contributed by atoms with Gasteiger partial charge < -0.3 is 9.84 Å². The normalized spacial score (nSPS) is 15.8. The Kier molecular flexibility index (Phi) is 4.96. The van der Waals surface area contributed by atoms with Crippen LogP contribution in [0.15, 0.2) is 24.3 Å². The van der Waals surface area contributed by atoms with E-state index in [-0.39, 0.29) is 11.9 Å². The second kappa shape index (κ2) is 6.72. The van der Waals surface area contributed by atoms with Crippen LogP contribution in [-0.2, 0) is 16.1 Å². The zero-order valence-electron chi connectivity index (χ0n) is 12.4. The molecular weight excluding hydrogens is 270 g/mol. The number of nitrogens with zero attached hydrogens (tertiary/aromatic N) is 1. The Hall–Kier alpha value is -1.88. The summed E-state index contributed by atoms with van der Waals surface area (Å²) < 4.78 is 4.77. The summed E-state index contributed by atoms with van der Waals surface area (Å²) in [7, 11) is 1.40. The monoisotopic (exact) mass is 291 g/mol. The molecule has 21 heavy (non-hydrogen) atoms. The number of carboxylic acids is 1. The third kappa shape index (κ3) is 4.29. The smallest absolute Gasteiger partial charge is 0.335 e. The standard InChI is InChI=1S/C16H21NO4/c1-11(16(20)21-2)9-17(14-6-7-14)10-12-4-3-5-13(8-12)15(18)19/h3-5,8,11,14H,6-7,9-10H2,1-2H3,(H,18,19). The van der Waals surface area contributed by atoms with Gasteiger partial charge in [0.2, 0.25) is 0 Å². The second-order valence-electron chi connectivity index (χ2n) is 5.59. The Labute approximate surface area is 124 Å². The molecule has 1 unspecified atom stereocenters. The molecular formula is C16H21NO4. The Morgan fingerprint density at radius 2 is 2.14 bits per heavy atom. The molecule has 0 radical (unpaired) electrons. The van der Waals surface area contributed by atoms with E-state index in [0.29, 0.717) is 24.7 Å². The zero-order valence-corrected chi connectivity index (χ0v) is 12.4. The van der Waals surface area contributed by atoms with Gasteiger partial charge in [0.1, 0.15) is 0 Å². The summed E-state index contributed by atoms with van der Waals surface area (Å²) in [5.74, 6) is -1.31. The number of hydrogen-bond donors (Lipinski definition) is 1. The molecule has 0 saturated heterocycles. The largest absolute Gasteiger partial charge is 0.478 e. The summed E-state index contributed by atoms with van der Waals surface area (Å²) in [5, 5.41) is 9.04. The summed E-state index contributed by atoms with van der Waals surface area (Å²) in [6.45, 7) is 3.15. The van der Waals surface area contributed by atoms with Gasteiger partial charge in [-0.05, 0) is 30.5 Å². The van der Waals surface area contributed by atoms with Gasteiger partial charge in [-0.3, -0.25) is 9.69 Å². The highest BCUT2D eigenvalue weighted by atomic mass is 16.5. The first-order chi connectivity index (χ1) is 10.0. The molecule has 1 aromatic rings. The van der Waals surface area contributed by atoms with Crippen molar-refractivity contribution in [3.63, 3.8) is 0 Å². The van der Waals surface area contributed by atoms with E-state index in [1.165, 1.54) is 7.11 Å². The van der Waals surface area contributed by atoms with Gasteiger partial charge in [-0.1, -0.05) is 19.1 Å². The third-order valence-corrected chi connectivity index (χ3v) is 3.73. The fourth-order valence-corrected chi connectivity index (χ4v) is 2.45. The quantitative estimate of drug-likeness (QED) is 0.780. The SMILES string of the molecule is COC(=O)C(C)CN(Cc1cccc(C(=O)O)c1)C1CC1. The van der Waals surface area contributed by atoms with E-state index in [4.69, 9.17) is 9.84 Å². The molecule has 1 N–H and O–H groups in total. The van der Waals surface area contributed by atoms with E-state index in [2.05, 4.69) is 4.90 Å². The van der Waals surface area contributed by atoms with Gasteiger partial charge in [0.25, 0.3) is 0 Å². The first-order valence-corrected chi connectivity index (χ1v) is 7.15. The topological polar surface area (TPSA) is 66.8 Å². The predicted molar refractivity (Wildman–Crippen MR) is 78.0 cm³/mol. The molecule has 1 atom stereocenters. The van der Waals surface area contributed by atoms with Crippen molar-refractivity contribution < 1.29 is 19.4 Å². The number of esters is 1. The fourth-order valence-electron chi connectivity index (χ4n) is 2.45. The predicted octanol–water partition coefficient (Wildman–Crippen LogP) is 2.16. The number of rotatable bonds is 7. The third-order valence-electron chi connectivity index (χ3n) is 3.73. The molecule has 5 heteroatoms. The molecule has 0 amide bonds. The molecule has 0 aromatic heterocycles. The van der Waals surface area contributed by atoms with Crippen LogP contribution >= 0.6 is 0 Å². The molecule has 1 saturated carbocycles. The Bertz CT molecular complexity index is 525. The van der Waals surface area contributed by atoms with Crippen LogP contribution in [0.2, 0.25) is 0 Å². The molecule has 0 spiro atoms. The lowest BCUT2D eigenvalue weighted by atomic mass is 10.1. The second-order valence-corrected chi connectivity index (χ2v) is 5.59. The first kappa shape index (κ1) is 15.5. The molecule has 1 aromatic carbocycles. The molecule has 0 heterocycles. The van der Waals surface area contributed by atoms with E-state index in [1.54, 1.807) is 18.2 Å². The average molecular weight is 291 g/mol. The maximum atomic E-state index is 11.6. The van der Waals surface area contributed by atoms with Gasteiger partial charge in [-0.25, -0.2) is 4.79 Å². The van der Waals surface area contributed by atoms with E-state index in [9.17, 15) is 9.59 Å².